The third kappa shape index (κ3) is 6.78. The molecule has 0 radical (unpaired) electrons. The number of nitrogens with two attached hydrogens (primary N) is 1. The lowest BCUT2D eigenvalue weighted by Crippen LogP contribution is -2.46. The Labute approximate surface area is 187 Å². The third-order valence-corrected chi connectivity index (χ3v) is 4.95. The highest BCUT2D eigenvalue weighted by molar-refractivity contribution is 5.94. The SMILES string of the molecule is CC(=O)O.CCOC(C(=O)NCc1ccc(C(=N)N)cc1)N1C=C2C=C(C)CC(=O)C2C1. The van der Waals surface area contributed by atoms with Crippen molar-refractivity contribution in [2.75, 3.05) is 13.2 Å². The zero-order valence-corrected chi connectivity index (χ0v) is 18.6. The van der Waals surface area contributed by atoms with Gasteiger partial charge in [-0.05, 0) is 25.0 Å². The van der Waals surface area contributed by atoms with Gasteiger partial charge in [0.1, 0.15) is 11.6 Å². The van der Waals surface area contributed by atoms with E-state index in [9.17, 15) is 9.59 Å². The highest BCUT2D eigenvalue weighted by atomic mass is 16.5. The summed E-state index contributed by atoms with van der Waals surface area (Å²) < 4.78 is 5.69. The number of carboxylic acids is 1. The third-order valence-electron chi connectivity index (χ3n) is 4.95. The van der Waals surface area contributed by atoms with Gasteiger partial charge in [-0.2, -0.15) is 0 Å². The summed E-state index contributed by atoms with van der Waals surface area (Å²) in [5.41, 5.74) is 8.99. The van der Waals surface area contributed by atoms with Crippen LogP contribution in [0.15, 0.2) is 47.7 Å². The highest BCUT2D eigenvalue weighted by Crippen LogP contribution is 2.32. The maximum Gasteiger partial charge on any atom is 0.300 e. The molecule has 172 valence electrons. The number of nitrogens with zero attached hydrogens (tertiary/aromatic N) is 1. The molecule has 0 fully saturated rings. The molecular weight excluding hydrogens is 412 g/mol. The van der Waals surface area contributed by atoms with Gasteiger partial charge >= 0.3 is 0 Å². The molecule has 2 atom stereocenters. The minimum Gasteiger partial charge on any atom is -0.481 e. The molecule has 9 heteroatoms. The fourth-order valence-electron chi connectivity index (χ4n) is 3.53. The molecule has 1 aliphatic carbocycles. The second-order valence-corrected chi connectivity index (χ2v) is 7.67. The van der Waals surface area contributed by atoms with Gasteiger partial charge in [0.2, 0.25) is 6.23 Å². The number of benzene rings is 1. The number of amidine groups is 1. The Bertz CT molecular complexity index is 932. The number of nitrogen functional groups attached to an aromatic ring is 1. The summed E-state index contributed by atoms with van der Waals surface area (Å²) in [6, 6.07) is 7.15. The number of amides is 1. The Morgan fingerprint density at radius 2 is 1.97 bits per heavy atom. The molecule has 0 saturated heterocycles. The molecule has 32 heavy (non-hydrogen) atoms. The number of ketones is 1. The first-order valence-corrected chi connectivity index (χ1v) is 10.3. The Morgan fingerprint density at radius 3 is 2.53 bits per heavy atom. The van der Waals surface area contributed by atoms with Crippen LogP contribution in [0.2, 0.25) is 0 Å². The molecule has 3 rings (SSSR count). The Hall–Kier alpha value is -3.46. The number of rotatable bonds is 7. The topological polar surface area (TPSA) is 146 Å². The molecule has 5 N–H and O–H groups in total. The molecule has 1 aliphatic heterocycles. The van der Waals surface area contributed by atoms with Gasteiger partial charge in [-0.25, -0.2) is 0 Å². The molecular formula is C23H30N4O5. The van der Waals surface area contributed by atoms with E-state index in [0.29, 0.717) is 31.7 Å². The maximum absolute atomic E-state index is 12.8. The largest absolute Gasteiger partial charge is 0.481 e. The van der Waals surface area contributed by atoms with Gasteiger partial charge in [0.15, 0.2) is 0 Å². The lowest BCUT2D eigenvalue weighted by atomic mass is 9.87. The summed E-state index contributed by atoms with van der Waals surface area (Å²) in [6.07, 6.45) is 3.59. The predicted octanol–water partition coefficient (Wildman–Crippen LogP) is 1.78. The fraction of sp³-hybridized carbons (Fsp3) is 0.391. The number of hydrogen-bond donors (Lipinski definition) is 4. The summed E-state index contributed by atoms with van der Waals surface area (Å²) in [5, 5.41) is 17.7. The number of ether oxygens (including phenoxy) is 1. The number of allylic oxidation sites excluding steroid dienone is 2. The van der Waals surface area contributed by atoms with Crippen LogP contribution in [0.25, 0.3) is 0 Å². The number of Topliss-reactive ketones (excluding diaryl/α,β-unsaturated/α-hetero) is 1. The quantitative estimate of drug-likeness (QED) is 0.372. The van der Waals surface area contributed by atoms with Gasteiger partial charge in [0, 0.05) is 44.8 Å². The molecule has 9 nitrogen and oxygen atoms in total. The Morgan fingerprint density at radius 1 is 1.34 bits per heavy atom. The Kier molecular flexibility index (Phi) is 8.71. The Balaban J connectivity index is 0.000000837. The number of fused-ring (bicyclic) bond motifs is 1. The molecule has 2 unspecified atom stereocenters. The van der Waals surface area contributed by atoms with Gasteiger partial charge in [-0.15, -0.1) is 0 Å². The van der Waals surface area contributed by atoms with Crippen molar-refractivity contribution in [3.63, 3.8) is 0 Å². The smallest absolute Gasteiger partial charge is 0.300 e. The van der Waals surface area contributed by atoms with Crippen molar-refractivity contribution in [1.29, 1.82) is 5.41 Å². The van der Waals surface area contributed by atoms with E-state index in [4.69, 9.17) is 25.8 Å². The monoisotopic (exact) mass is 442 g/mol. The van der Waals surface area contributed by atoms with E-state index in [1.807, 2.05) is 43.2 Å². The molecule has 0 aromatic heterocycles. The number of hydrogen-bond acceptors (Lipinski definition) is 6. The van der Waals surface area contributed by atoms with Crippen LogP contribution in [0, 0.1) is 11.3 Å². The number of nitrogens with one attached hydrogen (secondary N) is 2. The summed E-state index contributed by atoms with van der Waals surface area (Å²) in [5.74, 6) is -1.07. The standard InChI is InChI=1S/C21H26N4O3.C2H4O2/c1-3-28-21(25-11-16-8-13(2)9-18(26)17(16)12-25)20(27)24-10-14-4-6-15(7-5-14)19(22)23;1-2(3)4/h4-8,11,17,21H,3,9-10,12H2,1-2H3,(H3,22,23)(H,24,27);1H3,(H,3,4). The van der Waals surface area contributed by atoms with Crippen LogP contribution in [-0.2, 0) is 25.7 Å². The van der Waals surface area contributed by atoms with Crippen molar-refractivity contribution >= 4 is 23.5 Å². The maximum atomic E-state index is 12.8. The molecule has 1 aromatic rings. The van der Waals surface area contributed by atoms with Crippen LogP contribution in [0.4, 0.5) is 0 Å². The lowest BCUT2D eigenvalue weighted by molar-refractivity contribution is -0.143. The van der Waals surface area contributed by atoms with Crippen molar-refractivity contribution in [2.45, 2.75) is 40.0 Å². The van der Waals surface area contributed by atoms with Crippen LogP contribution in [0.1, 0.15) is 38.3 Å². The van der Waals surface area contributed by atoms with Gasteiger partial charge < -0.3 is 25.8 Å². The number of carbonyl (C=O) groups is 3. The summed E-state index contributed by atoms with van der Waals surface area (Å²) in [7, 11) is 0. The number of carboxylic acid groups (broad SMARTS) is 1. The highest BCUT2D eigenvalue weighted by Gasteiger charge is 2.37. The average molecular weight is 443 g/mol. The van der Waals surface area contributed by atoms with Gasteiger partial charge in [-0.3, -0.25) is 19.8 Å². The van der Waals surface area contributed by atoms with Gasteiger partial charge in [-0.1, -0.05) is 35.9 Å². The van der Waals surface area contributed by atoms with E-state index in [1.165, 1.54) is 0 Å². The normalized spacial score (nSPS) is 17.9. The molecule has 1 aromatic carbocycles. The average Bonchev–Trinajstić information content (AvgIpc) is 3.14. The molecule has 0 saturated carbocycles. The number of carbonyl (C=O) groups excluding carboxylic acids is 2. The van der Waals surface area contributed by atoms with E-state index in [-0.39, 0.29) is 23.4 Å². The van der Waals surface area contributed by atoms with Crippen molar-refractivity contribution in [3.05, 3.63) is 58.8 Å². The second-order valence-electron chi connectivity index (χ2n) is 7.67. The van der Waals surface area contributed by atoms with Crippen molar-refractivity contribution < 1.29 is 24.2 Å². The predicted molar refractivity (Wildman–Crippen MR) is 120 cm³/mol. The van der Waals surface area contributed by atoms with E-state index >= 15 is 0 Å². The number of aliphatic carboxylic acids is 1. The van der Waals surface area contributed by atoms with Gasteiger partial charge in [0.05, 0.1) is 5.92 Å². The summed E-state index contributed by atoms with van der Waals surface area (Å²) >= 11 is 0. The molecule has 0 spiro atoms. The zero-order valence-electron chi connectivity index (χ0n) is 18.6. The van der Waals surface area contributed by atoms with Crippen molar-refractivity contribution in [2.24, 2.45) is 11.7 Å². The molecule has 1 amide bonds. The fourth-order valence-corrected chi connectivity index (χ4v) is 3.53. The molecule has 0 bridgehead atoms. The van der Waals surface area contributed by atoms with Crippen molar-refractivity contribution in [1.82, 2.24) is 10.2 Å². The lowest BCUT2D eigenvalue weighted by Gasteiger charge is -2.27. The van der Waals surface area contributed by atoms with E-state index < -0.39 is 12.2 Å². The first kappa shape index (κ1) is 24.8. The first-order valence-electron chi connectivity index (χ1n) is 10.3. The zero-order chi connectivity index (χ0) is 23.8. The van der Waals surface area contributed by atoms with Crippen LogP contribution in [-0.4, -0.2) is 52.9 Å². The van der Waals surface area contributed by atoms with Crippen LogP contribution in [0.3, 0.4) is 0 Å². The molecule has 2 aliphatic rings. The first-order chi connectivity index (χ1) is 15.1. The van der Waals surface area contributed by atoms with Crippen molar-refractivity contribution in [3.8, 4) is 0 Å². The van der Waals surface area contributed by atoms with E-state index in [1.54, 1.807) is 12.1 Å². The van der Waals surface area contributed by atoms with E-state index in [0.717, 1.165) is 23.6 Å². The molecule has 1 heterocycles. The summed E-state index contributed by atoms with van der Waals surface area (Å²) in [4.78, 5) is 35.9. The van der Waals surface area contributed by atoms with Crippen LogP contribution in [0.5, 0.6) is 0 Å². The summed E-state index contributed by atoms with van der Waals surface area (Å²) in [6.45, 7) is 6.06. The van der Waals surface area contributed by atoms with Crippen LogP contribution >= 0.6 is 0 Å². The van der Waals surface area contributed by atoms with Crippen LogP contribution < -0.4 is 11.1 Å². The minimum atomic E-state index is -0.833. The minimum absolute atomic E-state index is 0.00867. The van der Waals surface area contributed by atoms with E-state index in [2.05, 4.69) is 5.32 Å². The second kappa shape index (κ2) is 11.2. The van der Waals surface area contributed by atoms with Gasteiger partial charge in [0.25, 0.3) is 11.9 Å².